The maximum Gasteiger partial charge on any atom is 0.264 e. The van der Waals surface area contributed by atoms with Crippen molar-refractivity contribution < 1.29 is 17.6 Å². The molecule has 1 amide bonds. The van der Waals surface area contributed by atoms with Gasteiger partial charge in [0.15, 0.2) is 11.5 Å². The fourth-order valence-electron chi connectivity index (χ4n) is 3.09. The molecule has 0 saturated carbocycles. The highest BCUT2D eigenvalue weighted by atomic mass is 35.5. The Kier molecular flexibility index (Phi) is 5.43. The van der Waals surface area contributed by atoms with E-state index in [0.717, 1.165) is 4.31 Å². The second-order valence-corrected chi connectivity index (χ2v) is 9.20. The summed E-state index contributed by atoms with van der Waals surface area (Å²) in [6.07, 6.45) is 0. The summed E-state index contributed by atoms with van der Waals surface area (Å²) in [5.41, 5.74) is 2.23. The van der Waals surface area contributed by atoms with Crippen LogP contribution in [0.2, 0.25) is 5.02 Å². The number of aromatic nitrogens is 1. The van der Waals surface area contributed by atoms with E-state index in [-0.39, 0.29) is 15.5 Å². The van der Waals surface area contributed by atoms with Crippen LogP contribution in [0.25, 0.3) is 11.1 Å². The number of nitrogens with one attached hydrogen (secondary N) is 1. The Morgan fingerprint density at radius 3 is 2.55 bits per heavy atom. The Hall–Kier alpha value is -3.36. The number of carbonyl (C=O) groups is 1. The molecule has 7 nitrogen and oxygen atoms in total. The van der Waals surface area contributed by atoms with Gasteiger partial charge in [-0.3, -0.25) is 9.10 Å². The Balaban J connectivity index is 1.64. The molecule has 0 atom stereocenters. The summed E-state index contributed by atoms with van der Waals surface area (Å²) in [6.45, 7) is 1.73. The molecule has 0 aliphatic rings. The van der Waals surface area contributed by atoms with Gasteiger partial charge >= 0.3 is 0 Å². The monoisotopic (exact) mass is 455 g/mol. The van der Waals surface area contributed by atoms with Crippen molar-refractivity contribution in [2.24, 2.45) is 0 Å². The number of fused-ring (bicyclic) bond motifs is 1. The highest BCUT2D eigenvalue weighted by Crippen LogP contribution is 2.27. The van der Waals surface area contributed by atoms with Gasteiger partial charge in [0, 0.05) is 19.7 Å². The van der Waals surface area contributed by atoms with Gasteiger partial charge < -0.3 is 9.73 Å². The lowest BCUT2D eigenvalue weighted by Gasteiger charge is -2.20. The Morgan fingerprint density at radius 2 is 1.81 bits per heavy atom. The molecule has 0 aliphatic carbocycles. The summed E-state index contributed by atoms with van der Waals surface area (Å²) in [5.74, 6) is -0.0223. The van der Waals surface area contributed by atoms with Crippen LogP contribution in [0.3, 0.4) is 0 Å². The number of oxazole rings is 1. The zero-order chi connectivity index (χ0) is 22.2. The molecule has 158 valence electrons. The van der Waals surface area contributed by atoms with Gasteiger partial charge in [-0.05, 0) is 48.5 Å². The third-order valence-corrected chi connectivity index (χ3v) is 6.82. The molecule has 4 aromatic rings. The predicted octanol–water partition coefficient (Wildman–Crippen LogP) is 4.87. The molecule has 0 fully saturated rings. The van der Waals surface area contributed by atoms with Crippen molar-refractivity contribution in [3.8, 4) is 0 Å². The number of anilines is 2. The zero-order valence-electron chi connectivity index (χ0n) is 16.7. The van der Waals surface area contributed by atoms with Crippen LogP contribution in [-0.4, -0.2) is 26.4 Å². The van der Waals surface area contributed by atoms with Crippen LogP contribution in [-0.2, 0) is 10.0 Å². The molecule has 0 spiro atoms. The molecule has 3 aromatic carbocycles. The number of carbonyl (C=O) groups excluding carboxylic acids is 1. The number of sulfonamides is 1. The Labute approximate surface area is 184 Å². The molecular formula is C22H18ClN3O4S. The van der Waals surface area contributed by atoms with Crippen molar-refractivity contribution >= 4 is 50.0 Å². The minimum absolute atomic E-state index is 0.0423. The lowest BCUT2D eigenvalue weighted by molar-refractivity contribution is 0.102. The number of halogens is 1. The summed E-state index contributed by atoms with van der Waals surface area (Å²) in [6, 6.07) is 17.7. The number of nitrogens with zero attached hydrogens (tertiary/aromatic N) is 2. The van der Waals surface area contributed by atoms with E-state index in [1.54, 1.807) is 55.5 Å². The Morgan fingerprint density at radius 1 is 1.06 bits per heavy atom. The van der Waals surface area contributed by atoms with Crippen molar-refractivity contribution in [2.45, 2.75) is 11.8 Å². The van der Waals surface area contributed by atoms with Crippen molar-refractivity contribution in [1.29, 1.82) is 0 Å². The molecule has 0 aliphatic heterocycles. The van der Waals surface area contributed by atoms with E-state index in [0.29, 0.717) is 28.4 Å². The quantitative estimate of drug-likeness (QED) is 0.463. The fourth-order valence-corrected chi connectivity index (χ4v) is 4.52. The van der Waals surface area contributed by atoms with E-state index < -0.39 is 15.9 Å². The third kappa shape index (κ3) is 4.12. The van der Waals surface area contributed by atoms with E-state index in [2.05, 4.69) is 10.3 Å². The van der Waals surface area contributed by atoms with Crippen LogP contribution in [0.4, 0.5) is 11.4 Å². The number of aryl methyl sites for hydroxylation is 1. The highest BCUT2D eigenvalue weighted by Gasteiger charge is 2.24. The molecule has 1 N–H and O–H groups in total. The summed E-state index contributed by atoms with van der Waals surface area (Å²) in [4.78, 5) is 17.0. The van der Waals surface area contributed by atoms with Gasteiger partial charge in [-0.2, -0.15) is 0 Å². The third-order valence-electron chi connectivity index (χ3n) is 4.71. The first-order chi connectivity index (χ1) is 14.8. The van der Waals surface area contributed by atoms with E-state index in [1.165, 1.54) is 25.2 Å². The summed E-state index contributed by atoms with van der Waals surface area (Å²) >= 11 is 6.21. The van der Waals surface area contributed by atoms with Crippen molar-refractivity contribution in [3.63, 3.8) is 0 Å². The van der Waals surface area contributed by atoms with E-state index in [1.807, 2.05) is 0 Å². The first kappa shape index (κ1) is 20.9. The van der Waals surface area contributed by atoms with Crippen LogP contribution in [0.1, 0.15) is 16.2 Å². The van der Waals surface area contributed by atoms with Crippen molar-refractivity contribution in [2.75, 3.05) is 16.7 Å². The molecule has 4 rings (SSSR count). The number of rotatable bonds is 5. The van der Waals surface area contributed by atoms with Crippen LogP contribution in [0.5, 0.6) is 0 Å². The van der Waals surface area contributed by atoms with Crippen LogP contribution >= 0.6 is 11.6 Å². The second-order valence-electron chi connectivity index (χ2n) is 6.82. The molecule has 0 saturated heterocycles. The molecular weight excluding hydrogens is 438 g/mol. The van der Waals surface area contributed by atoms with Crippen LogP contribution in [0, 0.1) is 6.92 Å². The first-order valence-electron chi connectivity index (χ1n) is 9.28. The van der Waals surface area contributed by atoms with Gasteiger partial charge in [0.25, 0.3) is 15.9 Å². The number of hydrogen-bond acceptors (Lipinski definition) is 5. The van der Waals surface area contributed by atoms with E-state index in [9.17, 15) is 13.2 Å². The van der Waals surface area contributed by atoms with Gasteiger partial charge in [0.05, 0.1) is 21.2 Å². The van der Waals surface area contributed by atoms with Crippen LogP contribution < -0.4 is 9.62 Å². The van der Waals surface area contributed by atoms with E-state index in [4.69, 9.17) is 16.0 Å². The number of benzene rings is 3. The maximum absolute atomic E-state index is 13.1. The fraction of sp³-hybridized carbons (Fsp3) is 0.0909. The number of hydrogen-bond donors (Lipinski definition) is 1. The van der Waals surface area contributed by atoms with Crippen LogP contribution in [0.15, 0.2) is 76.0 Å². The normalized spacial score (nSPS) is 11.5. The van der Waals surface area contributed by atoms with Gasteiger partial charge in [-0.25, -0.2) is 13.4 Å². The average molecular weight is 456 g/mol. The predicted molar refractivity (Wildman–Crippen MR) is 120 cm³/mol. The molecule has 31 heavy (non-hydrogen) atoms. The van der Waals surface area contributed by atoms with Crippen molar-refractivity contribution in [3.05, 3.63) is 83.2 Å². The Bertz CT molecular complexity index is 1380. The number of para-hydroxylation sites is 1. The summed E-state index contributed by atoms with van der Waals surface area (Å²) < 4.78 is 32.7. The molecule has 1 aromatic heterocycles. The topological polar surface area (TPSA) is 92.5 Å². The highest BCUT2D eigenvalue weighted by molar-refractivity contribution is 7.92. The van der Waals surface area contributed by atoms with Gasteiger partial charge in [-0.1, -0.05) is 29.8 Å². The van der Waals surface area contributed by atoms with Gasteiger partial charge in [0.1, 0.15) is 5.52 Å². The summed E-state index contributed by atoms with van der Waals surface area (Å²) in [5, 5.41) is 2.86. The largest absolute Gasteiger partial charge is 0.441 e. The second kappa shape index (κ2) is 8.05. The van der Waals surface area contributed by atoms with Gasteiger partial charge in [0.2, 0.25) is 0 Å². The lowest BCUT2D eigenvalue weighted by Crippen LogP contribution is -2.27. The minimum Gasteiger partial charge on any atom is -0.441 e. The molecule has 0 radical (unpaired) electrons. The maximum atomic E-state index is 13.1. The molecule has 0 bridgehead atoms. The first-order valence-corrected chi connectivity index (χ1v) is 11.1. The lowest BCUT2D eigenvalue weighted by atomic mass is 10.2. The molecule has 1 heterocycles. The van der Waals surface area contributed by atoms with Crippen molar-refractivity contribution in [1.82, 2.24) is 4.98 Å². The summed E-state index contributed by atoms with van der Waals surface area (Å²) in [7, 11) is -2.44. The zero-order valence-corrected chi connectivity index (χ0v) is 18.2. The standard InChI is InChI=1S/C22H18ClN3O4S/c1-14-24-20-12-15(8-11-21(20)30-14)25-22(27)18-13-17(9-10-19(18)23)31(28,29)26(2)16-6-4-3-5-7-16/h3-13H,1-2H3,(H,25,27). The minimum atomic E-state index is -3.89. The number of amides is 1. The smallest absolute Gasteiger partial charge is 0.264 e. The molecule has 0 unspecified atom stereocenters. The van der Waals surface area contributed by atoms with Gasteiger partial charge in [-0.15, -0.1) is 0 Å². The molecule has 9 heteroatoms. The SMILES string of the molecule is Cc1nc2cc(NC(=O)c3cc(S(=O)(=O)N(C)c4ccccc4)ccc3Cl)ccc2o1. The average Bonchev–Trinajstić information content (AvgIpc) is 3.13. The van der Waals surface area contributed by atoms with E-state index >= 15 is 0 Å².